The van der Waals surface area contributed by atoms with E-state index in [9.17, 15) is 0 Å². The van der Waals surface area contributed by atoms with Gasteiger partial charge in [0.2, 0.25) is 0 Å². The van der Waals surface area contributed by atoms with E-state index in [1.54, 1.807) is 24.3 Å². The van der Waals surface area contributed by atoms with Crippen LogP contribution in [0.3, 0.4) is 0 Å². The first-order valence-corrected chi connectivity index (χ1v) is 4.16. The lowest BCUT2D eigenvalue weighted by molar-refractivity contribution is 0.316. The van der Waals surface area contributed by atoms with E-state index in [1.165, 1.54) is 0 Å². The van der Waals surface area contributed by atoms with Crippen molar-refractivity contribution in [2.45, 2.75) is 13.8 Å². The van der Waals surface area contributed by atoms with E-state index in [1.807, 2.05) is 13.8 Å². The molecule has 1 rings (SSSR count). The molecular weight excluding hydrogens is 166 g/mol. The van der Waals surface area contributed by atoms with Gasteiger partial charge in [0, 0.05) is 0 Å². The van der Waals surface area contributed by atoms with Gasteiger partial charge < -0.3 is 10.3 Å². The van der Waals surface area contributed by atoms with Crippen LogP contribution in [0.5, 0.6) is 5.75 Å². The predicted octanol–water partition coefficient (Wildman–Crippen LogP) is 2.23. The van der Waals surface area contributed by atoms with Gasteiger partial charge >= 0.3 is 0 Å². The summed E-state index contributed by atoms with van der Waals surface area (Å²) in [5, 5.41) is 21.0. The number of hydrogen-bond acceptors (Lipinski definition) is 3. The Hall–Kier alpha value is -1.51. The summed E-state index contributed by atoms with van der Waals surface area (Å²) in [4.78, 5) is 0. The zero-order valence-corrected chi connectivity index (χ0v) is 7.73. The van der Waals surface area contributed by atoms with Gasteiger partial charge in [-0.1, -0.05) is 19.0 Å². The molecule has 0 aromatic heterocycles. The molecule has 0 aliphatic heterocycles. The zero-order chi connectivity index (χ0) is 9.84. The monoisotopic (exact) mass is 179 g/mol. The fourth-order valence-electron chi connectivity index (χ4n) is 1.14. The molecule has 2 N–H and O–H groups in total. The molecule has 0 atom stereocenters. The van der Waals surface area contributed by atoms with Crippen molar-refractivity contribution in [2.24, 2.45) is 11.1 Å². The highest BCUT2D eigenvalue weighted by Gasteiger charge is 2.08. The molecule has 0 saturated carbocycles. The quantitative estimate of drug-likeness (QED) is 0.415. The van der Waals surface area contributed by atoms with Gasteiger partial charge in [-0.25, -0.2) is 0 Å². The second-order valence-electron chi connectivity index (χ2n) is 3.19. The molecule has 0 saturated heterocycles. The predicted molar refractivity (Wildman–Crippen MR) is 51.3 cm³/mol. The highest BCUT2D eigenvalue weighted by atomic mass is 16.4. The van der Waals surface area contributed by atoms with Crippen molar-refractivity contribution in [3.8, 4) is 5.75 Å². The van der Waals surface area contributed by atoms with Crippen molar-refractivity contribution in [1.29, 1.82) is 0 Å². The van der Waals surface area contributed by atoms with Crippen LogP contribution >= 0.6 is 0 Å². The van der Waals surface area contributed by atoms with Crippen LogP contribution in [0.15, 0.2) is 29.4 Å². The summed E-state index contributed by atoms with van der Waals surface area (Å²) >= 11 is 0. The molecule has 0 heterocycles. The fraction of sp³-hybridized carbons (Fsp3) is 0.300. The maximum absolute atomic E-state index is 9.05. The molecule has 3 nitrogen and oxygen atoms in total. The molecule has 13 heavy (non-hydrogen) atoms. The zero-order valence-electron chi connectivity index (χ0n) is 7.73. The third-order valence-corrected chi connectivity index (χ3v) is 1.82. The Morgan fingerprint density at radius 3 is 2.15 bits per heavy atom. The minimum atomic E-state index is 0.162. The Balaban J connectivity index is 3.00. The van der Waals surface area contributed by atoms with Crippen LogP contribution in [0.1, 0.15) is 19.4 Å². The lowest BCUT2D eigenvalue weighted by Gasteiger charge is -2.07. The SMILES string of the molecule is CC(C)/C(=N/O)c1ccc(O)cc1. The summed E-state index contributed by atoms with van der Waals surface area (Å²) in [5.41, 5.74) is 1.45. The van der Waals surface area contributed by atoms with Crippen LogP contribution in [-0.4, -0.2) is 16.0 Å². The molecule has 1 aromatic rings. The average Bonchev–Trinajstić information content (AvgIpc) is 2.09. The minimum absolute atomic E-state index is 0.162. The number of oxime groups is 1. The molecule has 1 aromatic carbocycles. The summed E-state index contributed by atoms with van der Waals surface area (Å²) in [6, 6.07) is 6.60. The van der Waals surface area contributed by atoms with Gasteiger partial charge in [0.05, 0.1) is 5.71 Å². The van der Waals surface area contributed by atoms with Gasteiger partial charge in [-0.3, -0.25) is 0 Å². The average molecular weight is 179 g/mol. The van der Waals surface area contributed by atoms with E-state index in [-0.39, 0.29) is 11.7 Å². The highest BCUT2D eigenvalue weighted by molar-refractivity contribution is 6.01. The molecule has 0 bridgehead atoms. The smallest absolute Gasteiger partial charge is 0.115 e. The lowest BCUT2D eigenvalue weighted by atomic mass is 10.0. The summed E-state index contributed by atoms with van der Waals surface area (Å²) < 4.78 is 0. The van der Waals surface area contributed by atoms with Crippen molar-refractivity contribution < 1.29 is 10.3 Å². The molecular formula is C10H13NO2. The van der Waals surface area contributed by atoms with Gasteiger partial charge in [0.1, 0.15) is 5.75 Å². The van der Waals surface area contributed by atoms with Crippen molar-refractivity contribution in [1.82, 2.24) is 0 Å². The van der Waals surface area contributed by atoms with E-state index in [4.69, 9.17) is 10.3 Å². The van der Waals surface area contributed by atoms with Gasteiger partial charge in [0.15, 0.2) is 0 Å². The largest absolute Gasteiger partial charge is 0.508 e. The number of phenolic OH excluding ortho intramolecular Hbond substituents is 1. The van der Waals surface area contributed by atoms with Crippen LogP contribution in [0.2, 0.25) is 0 Å². The Kier molecular flexibility index (Phi) is 2.90. The van der Waals surface area contributed by atoms with Gasteiger partial charge in [0.25, 0.3) is 0 Å². The number of nitrogens with zero attached hydrogens (tertiary/aromatic N) is 1. The molecule has 0 radical (unpaired) electrons. The molecule has 0 aliphatic rings. The lowest BCUT2D eigenvalue weighted by Crippen LogP contribution is -2.08. The molecule has 0 amide bonds. The number of phenols is 1. The summed E-state index contributed by atoms with van der Waals surface area (Å²) in [7, 11) is 0. The normalized spacial score (nSPS) is 12.1. The number of hydrogen-bond donors (Lipinski definition) is 2. The van der Waals surface area contributed by atoms with Crippen molar-refractivity contribution >= 4 is 5.71 Å². The Morgan fingerprint density at radius 2 is 1.77 bits per heavy atom. The van der Waals surface area contributed by atoms with E-state index >= 15 is 0 Å². The molecule has 0 fully saturated rings. The van der Waals surface area contributed by atoms with Crippen molar-refractivity contribution in [3.63, 3.8) is 0 Å². The first-order valence-electron chi connectivity index (χ1n) is 4.16. The Labute approximate surface area is 77.3 Å². The summed E-state index contributed by atoms with van der Waals surface area (Å²) in [6.45, 7) is 3.89. The maximum atomic E-state index is 9.05. The maximum Gasteiger partial charge on any atom is 0.115 e. The van der Waals surface area contributed by atoms with Gasteiger partial charge in [-0.15, -0.1) is 0 Å². The topological polar surface area (TPSA) is 52.8 Å². The van der Waals surface area contributed by atoms with Gasteiger partial charge in [-0.05, 0) is 35.7 Å². The first kappa shape index (κ1) is 9.58. The van der Waals surface area contributed by atoms with Crippen molar-refractivity contribution in [3.05, 3.63) is 29.8 Å². The molecule has 0 spiro atoms. The standard InChI is InChI=1S/C10H13NO2/c1-7(2)10(11-13)8-3-5-9(12)6-4-8/h3-7,12-13H,1-2H3/b11-10-. The highest BCUT2D eigenvalue weighted by Crippen LogP contribution is 2.13. The van der Waals surface area contributed by atoms with Crippen LogP contribution in [0, 0.1) is 5.92 Å². The third kappa shape index (κ3) is 2.21. The fourth-order valence-corrected chi connectivity index (χ4v) is 1.14. The second-order valence-corrected chi connectivity index (χ2v) is 3.19. The van der Waals surface area contributed by atoms with Crippen LogP contribution in [0.4, 0.5) is 0 Å². The second kappa shape index (κ2) is 3.94. The molecule has 70 valence electrons. The summed E-state index contributed by atoms with van der Waals surface area (Å²) in [6.07, 6.45) is 0. The molecule has 0 aliphatic carbocycles. The van der Waals surface area contributed by atoms with E-state index < -0.39 is 0 Å². The van der Waals surface area contributed by atoms with Crippen LogP contribution in [0.25, 0.3) is 0 Å². The molecule has 0 unspecified atom stereocenters. The molecule has 3 heteroatoms. The minimum Gasteiger partial charge on any atom is -0.508 e. The van der Waals surface area contributed by atoms with Crippen molar-refractivity contribution in [2.75, 3.05) is 0 Å². The van der Waals surface area contributed by atoms with Crippen LogP contribution in [-0.2, 0) is 0 Å². The Bertz CT molecular complexity index is 301. The first-order chi connectivity index (χ1) is 6.15. The van der Waals surface area contributed by atoms with Gasteiger partial charge in [-0.2, -0.15) is 0 Å². The van der Waals surface area contributed by atoms with E-state index in [2.05, 4.69) is 5.16 Å². The number of rotatable bonds is 2. The number of benzene rings is 1. The van der Waals surface area contributed by atoms with E-state index in [0.29, 0.717) is 5.71 Å². The third-order valence-electron chi connectivity index (χ3n) is 1.82. The summed E-state index contributed by atoms with van der Waals surface area (Å²) in [5.74, 6) is 0.374. The Morgan fingerprint density at radius 1 is 1.23 bits per heavy atom. The number of aromatic hydroxyl groups is 1. The van der Waals surface area contributed by atoms with Crippen LogP contribution < -0.4 is 0 Å². The van der Waals surface area contributed by atoms with E-state index in [0.717, 1.165) is 5.56 Å².